The number of likely N-dealkylation sites (tertiary alicyclic amines) is 1. The Labute approximate surface area is 117 Å². The normalized spacial score (nSPS) is 18.4. The molecule has 5 nitrogen and oxygen atoms in total. The number of aromatic nitrogens is 1. The van der Waals surface area contributed by atoms with Crippen molar-refractivity contribution in [2.24, 2.45) is 0 Å². The van der Waals surface area contributed by atoms with E-state index in [1.807, 2.05) is 24.3 Å². The summed E-state index contributed by atoms with van der Waals surface area (Å²) in [4.78, 5) is 16.8. The number of nitrogens with zero attached hydrogens (tertiary/aromatic N) is 2. The monoisotopic (exact) mass is 271 g/mol. The molecule has 2 aromatic rings. The Balaban J connectivity index is 1.88. The maximum absolute atomic E-state index is 11.0. The third-order valence-corrected chi connectivity index (χ3v) is 3.80. The molecule has 1 aromatic carbocycles. The molecule has 1 aliphatic heterocycles. The lowest BCUT2D eigenvalue weighted by atomic mass is 10.1. The topological polar surface area (TPSA) is 65.5 Å². The van der Waals surface area contributed by atoms with Crippen LogP contribution in [0.4, 0.5) is 10.5 Å². The molecule has 0 aliphatic carbocycles. The number of hydrogen-bond donors (Lipinski definition) is 2. The first-order chi connectivity index (χ1) is 9.65. The van der Waals surface area contributed by atoms with Crippen LogP contribution in [0.3, 0.4) is 0 Å². The second kappa shape index (κ2) is 5.00. The minimum Gasteiger partial charge on any atom is -0.465 e. The van der Waals surface area contributed by atoms with Crippen molar-refractivity contribution in [1.29, 1.82) is 0 Å². The molecule has 2 N–H and O–H groups in total. The van der Waals surface area contributed by atoms with E-state index in [2.05, 4.69) is 17.2 Å². The average Bonchev–Trinajstić information content (AvgIpc) is 2.91. The van der Waals surface area contributed by atoms with Crippen molar-refractivity contribution in [2.75, 3.05) is 18.4 Å². The number of pyridine rings is 1. The average molecular weight is 271 g/mol. The maximum atomic E-state index is 11.0. The molecular weight excluding hydrogens is 254 g/mol. The Hall–Kier alpha value is -2.30. The molecule has 1 fully saturated rings. The van der Waals surface area contributed by atoms with E-state index in [9.17, 15) is 4.79 Å². The summed E-state index contributed by atoms with van der Waals surface area (Å²) < 4.78 is 0. The van der Waals surface area contributed by atoms with Crippen molar-refractivity contribution < 1.29 is 9.90 Å². The van der Waals surface area contributed by atoms with Gasteiger partial charge >= 0.3 is 6.09 Å². The zero-order chi connectivity index (χ0) is 14.1. The second-order valence-electron chi connectivity index (χ2n) is 5.19. The predicted octanol–water partition coefficient (Wildman–Crippen LogP) is 2.71. The number of hydrogen-bond acceptors (Lipinski definition) is 3. The third-order valence-electron chi connectivity index (χ3n) is 3.80. The highest BCUT2D eigenvalue weighted by Crippen LogP contribution is 2.27. The SMILES string of the molecule is Cc1ccc2ncccc2c1N[C@H]1CCN(C(=O)O)C1. The number of anilines is 1. The fraction of sp³-hybridized carbons (Fsp3) is 0.333. The highest BCUT2D eigenvalue weighted by Gasteiger charge is 2.26. The lowest BCUT2D eigenvalue weighted by Crippen LogP contribution is -2.30. The Morgan fingerprint density at radius 2 is 2.30 bits per heavy atom. The van der Waals surface area contributed by atoms with Crippen LogP contribution >= 0.6 is 0 Å². The van der Waals surface area contributed by atoms with Crippen LogP contribution in [0.5, 0.6) is 0 Å². The quantitative estimate of drug-likeness (QED) is 0.881. The van der Waals surface area contributed by atoms with E-state index < -0.39 is 6.09 Å². The molecule has 1 atom stereocenters. The lowest BCUT2D eigenvalue weighted by Gasteiger charge is -2.18. The molecule has 20 heavy (non-hydrogen) atoms. The Morgan fingerprint density at radius 1 is 1.45 bits per heavy atom. The first kappa shape index (κ1) is 12.7. The molecule has 3 rings (SSSR count). The van der Waals surface area contributed by atoms with Crippen molar-refractivity contribution in [3.8, 4) is 0 Å². The van der Waals surface area contributed by atoms with E-state index in [0.29, 0.717) is 13.1 Å². The molecule has 0 unspecified atom stereocenters. The minimum absolute atomic E-state index is 0.163. The first-order valence-electron chi connectivity index (χ1n) is 6.74. The van der Waals surface area contributed by atoms with Crippen molar-refractivity contribution in [2.45, 2.75) is 19.4 Å². The molecular formula is C15H17N3O2. The zero-order valence-electron chi connectivity index (χ0n) is 11.3. The highest BCUT2D eigenvalue weighted by atomic mass is 16.4. The molecule has 2 heterocycles. The Kier molecular flexibility index (Phi) is 3.18. The second-order valence-corrected chi connectivity index (χ2v) is 5.19. The van der Waals surface area contributed by atoms with E-state index in [0.717, 1.165) is 28.6 Å². The van der Waals surface area contributed by atoms with Crippen LogP contribution in [0.2, 0.25) is 0 Å². The maximum Gasteiger partial charge on any atom is 0.407 e. The van der Waals surface area contributed by atoms with Gasteiger partial charge in [-0.1, -0.05) is 6.07 Å². The van der Waals surface area contributed by atoms with Crippen molar-refractivity contribution in [3.05, 3.63) is 36.0 Å². The molecule has 1 saturated heterocycles. The van der Waals surface area contributed by atoms with E-state index in [1.54, 1.807) is 6.20 Å². The number of rotatable bonds is 2. The predicted molar refractivity (Wildman–Crippen MR) is 78.1 cm³/mol. The van der Waals surface area contributed by atoms with Crippen LogP contribution in [0.25, 0.3) is 10.9 Å². The first-order valence-corrected chi connectivity index (χ1v) is 6.74. The number of carbonyl (C=O) groups is 1. The molecule has 104 valence electrons. The van der Waals surface area contributed by atoms with Gasteiger partial charge < -0.3 is 15.3 Å². The number of fused-ring (bicyclic) bond motifs is 1. The molecule has 1 aromatic heterocycles. The van der Waals surface area contributed by atoms with E-state index in [4.69, 9.17) is 5.11 Å². The fourth-order valence-electron chi connectivity index (χ4n) is 2.71. The number of nitrogens with one attached hydrogen (secondary N) is 1. The summed E-state index contributed by atoms with van der Waals surface area (Å²) >= 11 is 0. The largest absolute Gasteiger partial charge is 0.465 e. The Bertz CT molecular complexity index is 657. The van der Waals surface area contributed by atoms with Crippen LogP contribution in [0.15, 0.2) is 30.5 Å². The summed E-state index contributed by atoms with van der Waals surface area (Å²) in [6.45, 7) is 3.18. The summed E-state index contributed by atoms with van der Waals surface area (Å²) in [5, 5.41) is 13.6. The molecule has 0 saturated carbocycles. The fourth-order valence-corrected chi connectivity index (χ4v) is 2.71. The van der Waals surface area contributed by atoms with E-state index >= 15 is 0 Å². The zero-order valence-corrected chi connectivity index (χ0v) is 11.3. The summed E-state index contributed by atoms with van der Waals surface area (Å²) in [7, 11) is 0. The van der Waals surface area contributed by atoms with Gasteiger partial charge in [0.25, 0.3) is 0 Å². The van der Waals surface area contributed by atoms with Gasteiger partial charge in [0.05, 0.1) is 5.52 Å². The van der Waals surface area contributed by atoms with Gasteiger partial charge in [-0.15, -0.1) is 0 Å². The van der Waals surface area contributed by atoms with Crippen molar-refractivity contribution in [3.63, 3.8) is 0 Å². The van der Waals surface area contributed by atoms with Gasteiger partial charge in [-0.2, -0.15) is 0 Å². The molecule has 0 radical (unpaired) electrons. The van der Waals surface area contributed by atoms with Crippen molar-refractivity contribution in [1.82, 2.24) is 9.88 Å². The molecule has 5 heteroatoms. The van der Waals surface area contributed by atoms with Crippen LogP contribution in [0, 0.1) is 6.92 Å². The van der Waals surface area contributed by atoms with E-state index in [1.165, 1.54) is 4.90 Å². The third kappa shape index (κ3) is 2.27. The molecule has 1 amide bonds. The summed E-state index contributed by atoms with van der Waals surface area (Å²) in [5.74, 6) is 0. The van der Waals surface area contributed by atoms with E-state index in [-0.39, 0.29) is 6.04 Å². The summed E-state index contributed by atoms with van der Waals surface area (Å²) in [5.41, 5.74) is 3.17. The molecule has 0 bridgehead atoms. The van der Waals surface area contributed by atoms with Crippen LogP contribution in [0.1, 0.15) is 12.0 Å². The standard InChI is InChI=1S/C15H17N3O2/c1-10-4-5-13-12(3-2-7-16-13)14(10)17-11-6-8-18(9-11)15(19)20/h2-5,7,11,17H,6,8-9H2,1H3,(H,19,20)/t11-/m0/s1. The van der Waals surface area contributed by atoms with Crippen LogP contribution in [-0.4, -0.2) is 40.2 Å². The number of aryl methyl sites for hydroxylation is 1. The van der Waals surface area contributed by atoms with Gasteiger partial charge in [-0.3, -0.25) is 4.98 Å². The smallest absolute Gasteiger partial charge is 0.407 e. The minimum atomic E-state index is -0.842. The number of amides is 1. The number of benzene rings is 1. The van der Waals surface area contributed by atoms with Crippen molar-refractivity contribution >= 4 is 22.7 Å². The molecule has 1 aliphatic rings. The van der Waals surface area contributed by atoms with Gasteiger partial charge in [-0.05, 0) is 37.1 Å². The van der Waals surface area contributed by atoms with Gasteiger partial charge in [0.15, 0.2) is 0 Å². The van der Waals surface area contributed by atoms with Gasteiger partial charge in [0.1, 0.15) is 0 Å². The van der Waals surface area contributed by atoms with Crippen LogP contribution in [-0.2, 0) is 0 Å². The lowest BCUT2D eigenvalue weighted by molar-refractivity contribution is 0.155. The number of carboxylic acid groups (broad SMARTS) is 1. The highest BCUT2D eigenvalue weighted by molar-refractivity contribution is 5.93. The summed E-state index contributed by atoms with van der Waals surface area (Å²) in [6.07, 6.45) is 1.77. The van der Waals surface area contributed by atoms with Gasteiger partial charge in [-0.25, -0.2) is 4.79 Å². The Morgan fingerprint density at radius 3 is 3.05 bits per heavy atom. The summed E-state index contributed by atoms with van der Waals surface area (Å²) in [6, 6.07) is 8.18. The van der Waals surface area contributed by atoms with Gasteiger partial charge in [0.2, 0.25) is 0 Å². The van der Waals surface area contributed by atoms with Gasteiger partial charge in [0, 0.05) is 36.4 Å². The van der Waals surface area contributed by atoms with Crippen LogP contribution < -0.4 is 5.32 Å². The molecule has 0 spiro atoms.